The summed E-state index contributed by atoms with van der Waals surface area (Å²) in [4.78, 5) is 13.7. The zero-order chi connectivity index (χ0) is 23.6. The number of fused-ring (bicyclic) bond motifs is 2. The van der Waals surface area contributed by atoms with Crippen LogP contribution in [0.15, 0.2) is 59.9 Å². The molecular formula is C26H27FN6S. The number of benzene rings is 1. The summed E-state index contributed by atoms with van der Waals surface area (Å²) in [7, 11) is 0. The molecule has 1 spiro atoms. The van der Waals surface area contributed by atoms with Gasteiger partial charge >= 0.3 is 0 Å². The van der Waals surface area contributed by atoms with Crippen LogP contribution in [-0.2, 0) is 0 Å². The number of nitrogens with one attached hydrogen (secondary N) is 1. The van der Waals surface area contributed by atoms with Crippen LogP contribution in [0.25, 0.3) is 21.9 Å². The monoisotopic (exact) mass is 474 g/mol. The van der Waals surface area contributed by atoms with Crippen LogP contribution in [0.4, 0.5) is 9.70 Å². The summed E-state index contributed by atoms with van der Waals surface area (Å²) in [5.74, 6) is 0.718. The lowest BCUT2D eigenvalue weighted by Gasteiger charge is -2.26. The summed E-state index contributed by atoms with van der Waals surface area (Å²) in [5, 5.41) is 5.73. The van der Waals surface area contributed by atoms with Crippen LogP contribution < -0.4 is 11.1 Å². The van der Waals surface area contributed by atoms with Crippen molar-refractivity contribution in [3.63, 3.8) is 0 Å². The second kappa shape index (κ2) is 7.78. The number of hydrogen-bond donors (Lipinski definition) is 2. The Morgan fingerprint density at radius 1 is 1.24 bits per heavy atom. The van der Waals surface area contributed by atoms with E-state index < -0.39 is 0 Å². The van der Waals surface area contributed by atoms with Crippen LogP contribution in [0.3, 0.4) is 0 Å². The molecule has 3 aromatic heterocycles. The molecule has 1 aliphatic carbocycles. The second-order valence-corrected chi connectivity index (χ2v) is 10.5. The third-order valence-corrected chi connectivity index (χ3v) is 8.45. The van der Waals surface area contributed by atoms with Crippen molar-refractivity contribution in [2.75, 3.05) is 12.3 Å². The molecule has 2 fully saturated rings. The van der Waals surface area contributed by atoms with Crippen LogP contribution in [0.1, 0.15) is 43.1 Å². The van der Waals surface area contributed by atoms with E-state index in [-0.39, 0.29) is 29.4 Å². The molecule has 4 heterocycles. The number of rotatable bonds is 3. The van der Waals surface area contributed by atoms with Crippen LogP contribution >= 0.6 is 12.1 Å². The molecule has 34 heavy (non-hydrogen) atoms. The Morgan fingerprint density at radius 3 is 2.91 bits per heavy atom. The van der Waals surface area contributed by atoms with Crippen molar-refractivity contribution in [3.8, 4) is 0 Å². The fraction of sp³-hybridized carbons (Fsp3) is 0.346. The minimum atomic E-state index is 0.0313. The first-order chi connectivity index (χ1) is 16.4. The maximum absolute atomic E-state index is 13.1. The second-order valence-electron chi connectivity index (χ2n) is 9.89. The van der Waals surface area contributed by atoms with Crippen molar-refractivity contribution in [1.82, 2.24) is 24.8 Å². The quantitative estimate of drug-likeness (QED) is 0.371. The number of aryl methyl sites for hydroxylation is 1. The third kappa shape index (κ3) is 3.15. The maximum atomic E-state index is 13.1. The highest BCUT2D eigenvalue weighted by Crippen LogP contribution is 2.57. The molecule has 1 aromatic carbocycles. The summed E-state index contributed by atoms with van der Waals surface area (Å²) in [5.41, 5.74) is 11.1. The predicted molar refractivity (Wildman–Crippen MR) is 135 cm³/mol. The minimum Gasteiger partial charge on any atom is -0.383 e. The van der Waals surface area contributed by atoms with E-state index >= 15 is 0 Å². The number of halogens is 1. The summed E-state index contributed by atoms with van der Waals surface area (Å²) in [6, 6.07) is 10.4. The molecule has 8 heteroatoms. The van der Waals surface area contributed by atoms with E-state index in [1.807, 2.05) is 13.0 Å². The average Bonchev–Trinajstić information content (AvgIpc) is 3.49. The van der Waals surface area contributed by atoms with E-state index in [2.05, 4.69) is 62.7 Å². The first-order valence-corrected chi connectivity index (χ1v) is 12.3. The Balaban J connectivity index is 1.31. The first kappa shape index (κ1) is 21.6. The van der Waals surface area contributed by atoms with Gasteiger partial charge in [-0.05, 0) is 55.0 Å². The summed E-state index contributed by atoms with van der Waals surface area (Å²) >= 11 is 0.129. The average molecular weight is 475 g/mol. The zero-order valence-electron chi connectivity index (χ0n) is 19.3. The van der Waals surface area contributed by atoms with E-state index in [0.29, 0.717) is 16.9 Å². The fourth-order valence-electron chi connectivity index (χ4n) is 6.16. The molecule has 3 N–H and O–H groups in total. The van der Waals surface area contributed by atoms with E-state index in [4.69, 9.17) is 5.73 Å². The number of nitrogen functional groups attached to an aromatic ring is 1. The maximum Gasteiger partial charge on any atom is 0.143 e. The Kier molecular flexibility index (Phi) is 4.93. The van der Waals surface area contributed by atoms with E-state index in [1.165, 1.54) is 5.57 Å². The molecule has 4 atom stereocenters. The summed E-state index contributed by atoms with van der Waals surface area (Å²) in [6.07, 6.45) is 5.93. The topological polar surface area (TPSA) is 81.6 Å². The molecule has 1 saturated carbocycles. The number of nitrogens with zero attached hydrogens (tertiary/aromatic N) is 4. The molecule has 0 radical (unpaired) electrons. The summed E-state index contributed by atoms with van der Waals surface area (Å²) < 4.78 is 15.4. The molecule has 1 saturated heterocycles. The molecule has 1 aliphatic heterocycles. The molecule has 4 aromatic rings. The molecule has 4 unspecified atom stereocenters. The molecule has 6 nitrogen and oxygen atoms in total. The molecule has 6 rings (SSSR count). The highest BCUT2D eigenvalue weighted by Gasteiger charge is 2.51. The Hall–Kier alpha value is -2.97. The van der Waals surface area contributed by atoms with Crippen LogP contribution in [0.2, 0.25) is 0 Å². The smallest absolute Gasteiger partial charge is 0.143 e. The molecular weight excluding hydrogens is 447 g/mol. The van der Waals surface area contributed by atoms with Gasteiger partial charge in [0.25, 0.3) is 0 Å². The van der Waals surface area contributed by atoms with E-state index in [9.17, 15) is 3.89 Å². The van der Waals surface area contributed by atoms with Gasteiger partial charge in [-0.25, -0.2) is 15.0 Å². The molecule has 0 bridgehead atoms. The van der Waals surface area contributed by atoms with Crippen molar-refractivity contribution in [2.45, 2.75) is 43.7 Å². The van der Waals surface area contributed by atoms with Gasteiger partial charge in [0.15, 0.2) is 0 Å². The van der Waals surface area contributed by atoms with Crippen molar-refractivity contribution in [1.29, 1.82) is 0 Å². The number of hydrogen-bond acceptors (Lipinski definition) is 6. The molecule has 2 aliphatic rings. The van der Waals surface area contributed by atoms with Gasteiger partial charge in [0.2, 0.25) is 0 Å². The Morgan fingerprint density at radius 2 is 2.09 bits per heavy atom. The largest absolute Gasteiger partial charge is 0.383 e. The number of pyridine rings is 1. The lowest BCUT2D eigenvalue weighted by atomic mass is 9.78. The predicted octanol–water partition coefficient (Wildman–Crippen LogP) is 5.70. The van der Waals surface area contributed by atoms with Crippen molar-refractivity contribution < 1.29 is 3.89 Å². The lowest BCUT2D eigenvalue weighted by Crippen LogP contribution is -2.22. The van der Waals surface area contributed by atoms with Crippen LogP contribution in [0, 0.1) is 18.3 Å². The van der Waals surface area contributed by atoms with Gasteiger partial charge in [-0.2, -0.15) is 3.89 Å². The number of nitrogens with two attached hydrogens (primary N) is 1. The van der Waals surface area contributed by atoms with Gasteiger partial charge < -0.3 is 15.6 Å². The number of anilines is 1. The fourth-order valence-corrected chi connectivity index (χ4v) is 6.46. The first-order valence-electron chi connectivity index (χ1n) is 11.6. The number of aromatic nitrogens is 4. The van der Waals surface area contributed by atoms with Crippen LogP contribution in [-0.4, -0.2) is 26.1 Å². The van der Waals surface area contributed by atoms with Crippen molar-refractivity contribution in [3.05, 3.63) is 66.3 Å². The minimum absolute atomic E-state index is 0.0313. The van der Waals surface area contributed by atoms with Gasteiger partial charge in [-0.15, -0.1) is 0 Å². The van der Waals surface area contributed by atoms with Gasteiger partial charge in [0.05, 0.1) is 34.3 Å². The van der Waals surface area contributed by atoms with Gasteiger partial charge in [0.1, 0.15) is 17.8 Å². The molecule has 174 valence electrons. The molecule has 0 amide bonds. The lowest BCUT2D eigenvalue weighted by molar-refractivity contribution is 0.382. The van der Waals surface area contributed by atoms with Gasteiger partial charge in [0, 0.05) is 35.0 Å². The SMILES string of the molecule is C=C1C(c2ccc3cc(SF)c(N)nc3c2)NCC12CC(C)C(n1ccc3c(C)ncnc31)C2. The van der Waals surface area contributed by atoms with E-state index in [1.54, 1.807) is 12.4 Å². The van der Waals surface area contributed by atoms with E-state index in [0.717, 1.165) is 52.6 Å². The van der Waals surface area contributed by atoms with Gasteiger partial charge in [-0.3, -0.25) is 0 Å². The van der Waals surface area contributed by atoms with Crippen molar-refractivity contribution in [2.24, 2.45) is 11.3 Å². The standard InChI is InChI=1S/C26H27FN6S/c1-14-10-26(11-21(14)33-7-6-19-16(3)30-13-31-25(19)33)12-29-23(15(26)2)18-5-4-17-9-22(34-27)24(28)32-20(17)8-18/h4-9,13-14,21,23,29H,2,10-12H2,1,3H3,(H2,28,32). The normalized spacial score (nSPS) is 26.9. The third-order valence-electron chi connectivity index (χ3n) is 7.96. The highest BCUT2D eigenvalue weighted by atomic mass is 32.2. The van der Waals surface area contributed by atoms with Gasteiger partial charge in [-0.1, -0.05) is 25.6 Å². The summed E-state index contributed by atoms with van der Waals surface area (Å²) in [6.45, 7) is 9.87. The zero-order valence-corrected chi connectivity index (χ0v) is 20.1. The van der Waals surface area contributed by atoms with Crippen LogP contribution in [0.5, 0.6) is 0 Å². The Labute approximate surface area is 202 Å². The Bertz CT molecular complexity index is 1450. The highest BCUT2D eigenvalue weighted by molar-refractivity contribution is 7.94. The van der Waals surface area contributed by atoms with Crippen molar-refractivity contribution >= 4 is 39.9 Å².